The van der Waals surface area contributed by atoms with Gasteiger partial charge in [0.15, 0.2) is 0 Å². The molecule has 0 spiro atoms. The van der Waals surface area contributed by atoms with Crippen LogP contribution in [-0.4, -0.2) is 6.54 Å². The SMILES string of the molecule is NCCC(N)c1cccc(C2=C(S)C=CCC2)c1. The number of nitrogens with two attached hydrogens (primary N) is 2. The molecule has 18 heavy (non-hydrogen) atoms. The molecular weight excluding hydrogens is 240 g/mol. The van der Waals surface area contributed by atoms with Crippen LogP contribution in [0.5, 0.6) is 0 Å². The Bertz CT molecular complexity index is 477. The quantitative estimate of drug-likeness (QED) is 0.729. The molecule has 0 aliphatic heterocycles. The molecule has 1 aliphatic rings. The highest BCUT2D eigenvalue weighted by atomic mass is 32.1. The molecule has 1 aromatic carbocycles. The second-order valence-corrected chi connectivity index (χ2v) is 5.10. The van der Waals surface area contributed by atoms with Crippen molar-refractivity contribution in [3.05, 3.63) is 52.4 Å². The predicted molar refractivity (Wildman–Crippen MR) is 81.3 cm³/mol. The molecule has 4 N–H and O–H groups in total. The third kappa shape index (κ3) is 3.05. The molecule has 0 heterocycles. The number of benzene rings is 1. The van der Waals surface area contributed by atoms with Crippen LogP contribution in [0.2, 0.25) is 0 Å². The zero-order chi connectivity index (χ0) is 13.0. The average molecular weight is 260 g/mol. The second kappa shape index (κ2) is 6.23. The van der Waals surface area contributed by atoms with Gasteiger partial charge in [-0.25, -0.2) is 0 Å². The van der Waals surface area contributed by atoms with E-state index in [0.717, 1.165) is 29.7 Å². The molecule has 0 aromatic heterocycles. The summed E-state index contributed by atoms with van der Waals surface area (Å²) in [5.74, 6) is 0. The highest BCUT2D eigenvalue weighted by Crippen LogP contribution is 2.31. The number of hydrogen-bond donors (Lipinski definition) is 3. The van der Waals surface area contributed by atoms with E-state index in [-0.39, 0.29) is 6.04 Å². The van der Waals surface area contributed by atoms with Gasteiger partial charge < -0.3 is 11.5 Å². The van der Waals surface area contributed by atoms with Gasteiger partial charge in [-0.05, 0) is 48.6 Å². The zero-order valence-electron chi connectivity index (χ0n) is 10.5. The van der Waals surface area contributed by atoms with Crippen molar-refractivity contribution in [3.63, 3.8) is 0 Å². The molecule has 1 aromatic rings. The lowest BCUT2D eigenvalue weighted by Gasteiger charge is -2.16. The van der Waals surface area contributed by atoms with Crippen LogP contribution < -0.4 is 11.5 Å². The Kier molecular flexibility index (Phi) is 4.64. The third-order valence-electron chi connectivity index (χ3n) is 3.29. The molecule has 1 unspecified atom stereocenters. The molecule has 0 radical (unpaired) electrons. The maximum atomic E-state index is 6.11. The summed E-state index contributed by atoms with van der Waals surface area (Å²) < 4.78 is 0. The van der Waals surface area contributed by atoms with Crippen LogP contribution >= 0.6 is 12.6 Å². The van der Waals surface area contributed by atoms with Crippen molar-refractivity contribution in [2.75, 3.05) is 6.54 Å². The van der Waals surface area contributed by atoms with Crippen LogP contribution in [0.3, 0.4) is 0 Å². The summed E-state index contributed by atoms with van der Waals surface area (Å²) in [4.78, 5) is 1.06. The van der Waals surface area contributed by atoms with E-state index in [9.17, 15) is 0 Å². The van der Waals surface area contributed by atoms with Gasteiger partial charge in [0.2, 0.25) is 0 Å². The minimum atomic E-state index is 0.0260. The smallest absolute Gasteiger partial charge is 0.0307 e. The van der Waals surface area contributed by atoms with Crippen LogP contribution in [0, 0.1) is 0 Å². The first-order valence-corrected chi connectivity index (χ1v) is 6.81. The highest BCUT2D eigenvalue weighted by molar-refractivity contribution is 7.85. The fraction of sp³-hybridized carbons (Fsp3) is 0.333. The molecule has 1 atom stereocenters. The van der Waals surface area contributed by atoms with E-state index >= 15 is 0 Å². The van der Waals surface area contributed by atoms with E-state index in [1.165, 1.54) is 11.1 Å². The van der Waals surface area contributed by atoms with Crippen LogP contribution in [0.15, 0.2) is 41.3 Å². The Labute approximate surface area is 114 Å². The molecular formula is C15H20N2S. The molecule has 2 nitrogen and oxygen atoms in total. The van der Waals surface area contributed by atoms with E-state index in [1.54, 1.807) is 0 Å². The Morgan fingerprint density at radius 3 is 2.89 bits per heavy atom. The molecule has 0 bridgehead atoms. The van der Waals surface area contributed by atoms with Gasteiger partial charge in [0.1, 0.15) is 0 Å². The van der Waals surface area contributed by atoms with Crippen molar-refractivity contribution in [1.82, 2.24) is 0 Å². The molecule has 3 heteroatoms. The highest BCUT2D eigenvalue weighted by Gasteiger charge is 2.11. The fourth-order valence-electron chi connectivity index (χ4n) is 2.25. The molecule has 0 saturated carbocycles. The monoisotopic (exact) mass is 260 g/mol. The first-order chi connectivity index (χ1) is 8.72. The number of allylic oxidation sites excluding steroid dienone is 3. The summed E-state index contributed by atoms with van der Waals surface area (Å²) in [7, 11) is 0. The van der Waals surface area contributed by atoms with Crippen molar-refractivity contribution >= 4 is 18.2 Å². The van der Waals surface area contributed by atoms with Gasteiger partial charge in [-0.1, -0.05) is 30.4 Å². The minimum absolute atomic E-state index is 0.0260. The molecule has 1 aliphatic carbocycles. The van der Waals surface area contributed by atoms with Gasteiger partial charge in [0.05, 0.1) is 0 Å². The van der Waals surface area contributed by atoms with Gasteiger partial charge in [0, 0.05) is 10.9 Å². The lowest BCUT2D eigenvalue weighted by atomic mass is 9.94. The topological polar surface area (TPSA) is 52.0 Å². The van der Waals surface area contributed by atoms with Gasteiger partial charge in [0.25, 0.3) is 0 Å². The van der Waals surface area contributed by atoms with Crippen LogP contribution in [-0.2, 0) is 0 Å². The van der Waals surface area contributed by atoms with Crippen LogP contribution in [0.1, 0.15) is 36.4 Å². The zero-order valence-corrected chi connectivity index (χ0v) is 11.4. The largest absolute Gasteiger partial charge is 0.330 e. The van der Waals surface area contributed by atoms with Crippen LogP contribution in [0.4, 0.5) is 0 Å². The second-order valence-electron chi connectivity index (χ2n) is 4.61. The van der Waals surface area contributed by atoms with Gasteiger partial charge in [-0.15, -0.1) is 12.6 Å². The predicted octanol–water partition coefficient (Wildman–Crippen LogP) is 3.03. The maximum absolute atomic E-state index is 6.11. The maximum Gasteiger partial charge on any atom is 0.0307 e. The number of rotatable bonds is 4. The molecule has 0 amide bonds. The van der Waals surface area contributed by atoms with E-state index in [1.807, 2.05) is 0 Å². The fourth-order valence-corrected chi connectivity index (χ4v) is 2.59. The van der Waals surface area contributed by atoms with Crippen molar-refractivity contribution in [2.24, 2.45) is 11.5 Å². The first-order valence-electron chi connectivity index (χ1n) is 6.37. The Morgan fingerprint density at radius 1 is 1.33 bits per heavy atom. The average Bonchev–Trinajstić information content (AvgIpc) is 2.40. The summed E-state index contributed by atoms with van der Waals surface area (Å²) in [6.45, 7) is 0.620. The lowest BCUT2D eigenvalue weighted by molar-refractivity contribution is 0.661. The standard InChI is InChI=1S/C15H20N2S/c16-9-8-14(17)12-5-3-4-11(10-12)13-6-1-2-7-15(13)18/h2-5,7,10,14,18H,1,6,8-9,16-17H2. The normalized spacial score (nSPS) is 17.1. The van der Waals surface area contributed by atoms with Gasteiger partial charge in [-0.3, -0.25) is 0 Å². The van der Waals surface area contributed by atoms with Crippen molar-refractivity contribution in [2.45, 2.75) is 25.3 Å². The summed E-state index contributed by atoms with van der Waals surface area (Å²) in [5.41, 5.74) is 15.4. The van der Waals surface area contributed by atoms with Crippen molar-refractivity contribution < 1.29 is 0 Å². The third-order valence-corrected chi connectivity index (χ3v) is 3.71. The minimum Gasteiger partial charge on any atom is -0.330 e. The van der Waals surface area contributed by atoms with Gasteiger partial charge in [-0.2, -0.15) is 0 Å². The van der Waals surface area contributed by atoms with E-state index in [0.29, 0.717) is 6.54 Å². The molecule has 0 saturated heterocycles. The van der Waals surface area contributed by atoms with E-state index in [4.69, 9.17) is 11.5 Å². The summed E-state index contributed by atoms with van der Waals surface area (Å²) in [5, 5.41) is 0. The van der Waals surface area contributed by atoms with Crippen LogP contribution in [0.25, 0.3) is 5.57 Å². The lowest BCUT2D eigenvalue weighted by Crippen LogP contribution is -2.15. The van der Waals surface area contributed by atoms with E-state index in [2.05, 4.69) is 49.0 Å². The van der Waals surface area contributed by atoms with Crippen molar-refractivity contribution in [3.8, 4) is 0 Å². The van der Waals surface area contributed by atoms with E-state index < -0.39 is 0 Å². The Hall–Kier alpha value is -1.03. The summed E-state index contributed by atoms with van der Waals surface area (Å²) >= 11 is 4.54. The number of hydrogen-bond acceptors (Lipinski definition) is 3. The summed E-state index contributed by atoms with van der Waals surface area (Å²) in [6.07, 6.45) is 7.18. The summed E-state index contributed by atoms with van der Waals surface area (Å²) in [6, 6.07) is 8.46. The Balaban J connectivity index is 2.30. The van der Waals surface area contributed by atoms with Crippen molar-refractivity contribution in [1.29, 1.82) is 0 Å². The Morgan fingerprint density at radius 2 is 2.17 bits per heavy atom. The molecule has 2 rings (SSSR count). The molecule has 96 valence electrons. The first kappa shape index (κ1) is 13.4. The number of thiol groups is 1. The molecule has 0 fully saturated rings. The van der Waals surface area contributed by atoms with Gasteiger partial charge >= 0.3 is 0 Å².